The molecule has 1 aliphatic heterocycles. The van der Waals surface area contributed by atoms with Gasteiger partial charge in [0.05, 0.1) is 6.61 Å². The van der Waals surface area contributed by atoms with Crippen molar-refractivity contribution in [3.63, 3.8) is 0 Å². The second-order valence-electron chi connectivity index (χ2n) is 3.06. The molecule has 0 unspecified atom stereocenters. The van der Waals surface area contributed by atoms with E-state index in [4.69, 9.17) is 4.74 Å². The first kappa shape index (κ1) is 17.4. The number of ether oxygens (including phenoxy) is 1. The van der Waals surface area contributed by atoms with E-state index in [-0.39, 0.29) is 7.43 Å². The Kier molecular flexibility index (Phi) is 11.5. The lowest BCUT2D eigenvalue weighted by Crippen LogP contribution is -2.07. The van der Waals surface area contributed by atoms with E-state index in [2.05, 4.69) is 25.1 Å². The summed E-state index contributed by atoms with van der Waals surface area (Å²) in [4.78, 5) is 0. The number of benzene rings is 1. The highest BCUT2D eigenvalue weighted by Crippen LogP contribution is 2.25. The first-order valence-electron chi connectivity index (χ1n) is 6.08. The fourth-order valence-electron chi connectivity index (χ4n) is 1.45. The van der Waals surface area contributed by atoms with Crippen molar-refractivity contribution in [2.45, 2.75) is 54.9 Å². The molecule has 0 spiro atoms. The van der Waals surface area contributed by atoms with Crippen molar-refractivity contribution in [1.82, 2.24) is 0 Å². The number of fused-ring (bicyclic) bond motifs is 1. The summed E-state index contributed by atoms with van der Waals surface area (Å²) in [5.74, 6) is 1.09. The van der Waals surface area contributed by atoms with E-state index in [0.717, 1.165) is 18.8 Å². The summed E-state index contributed by atoms with van der Waals surface area (Å²) in [6, 6.07) is 6.44. The minimum Gasteiger partial charge on any atom is -0.493 e. The number of rotatable bonds is 0. The van der Waals surface area contributed by atoms with Crippen LogP contribution >= 0.6 is 0 Å². The Morgan fingerprint density at radius 2 is 1.69 bits per heavy atom. The van der Waals surface area contributed by atoms with Crippen LogP contribution in [-0.4, -0.2) is 6.61 Å². The Hall–Kier alpha value is -0.980. The van der Waals surface area contributed by atoms with Gasteiger partial charge in [0.2, 0.25) is 0 Å². The molecule has 2 rings (SSSR count). The van der Waals surface area contributed by atoms with Crippen LogP contribution in [0.5, 0.6) is 5.75 Å². The molecule has 0 fully saturated rings. The molecule has 1 heterocycles. The molecule has 1 aromatic rings. The second kappa shape index (κ2) is 10.5. The van der Waals surface area contributed by atoms with Crippen LogP contribution in [-0.2, 0) is 6.42 Å². The zero-order chi connectivity index (χ0) is 11.7. The van der Waals surface area contributed by atoms with Crippen LogP contribution in [0.4, 0.5) is 0 Å². The average Bonchev–Trinajstić information content (AvgIpc) is 2.34. The zero-order valence-corrected chi connectivity index (χ0v) is 10.8. The van der Waals surface area contributed by atoms with Crippen LogP contribution in [0.1, 0.15) is 52.7 Å². The SMILES string of the molecule is C.CC.CC.Cc1ccc2c(c1)OCCC2. The van der Waals surface area contributed by atoms with E-state index < -0.39 is 0 Å². The van der Waals surface area contributed by atoms with Gasteiger partial charge in [0, 0.05) is 0 Å². The molecule has 0 amide bonds. The molecule has 0 aromatic heterocycles. The molecule has 1 aromatic carbocycles. The van der Waals surface area contributed by atoms with Gasteiger partial charge in [-0.25, -0.2) is 0 Å². The molecule has 1 nitrogen and oxygen atoms in total. The molecule has 1 heteroatoms. The summed E-state index contributed by atoms with van der Waals surface area (Å²) in [5.41, 5.74) is 2.65. The average molecular weight is 224 g/mol. The molecular formula is C15H28O. The molecule has 0 saturated carbocycles. The molecule has 1 aliphatic rings. The minimum atomic E-state index is 0. The van der Waals surface area contributed by atoms with E-state index in [1.807, 2.05) is 27.7 Å². The van der Waals surface area contributed by atoms with Crippen LogP contribution in [0.2, 0.25) is 0 Å². The van der Waals surface area contributed by atoms with Crippen LogP contribution in [0.25, 0.3) is 0 Å². The normalized spacial score (nSPS) is 11.3. The number of hydrogen-bond donors (Lipinski definition) is 0. The molecule has 94 valence electrons. The Bertz CT molecular complexity index is 266. The van der Waals surface area contributed by atoms with E-state index in [1.165, 1.54) is 17.5 Å². The summed E-state index contributed by atoms with van der Waals surface area (Å²) in [6.45, 7) is 11.0. The van der Waals surface area contributed by atoms with E-state index in [0.29, 0.717) is 0 Å². The molecule has 16 heavy (non-hydrogen) atoms. The van der Waals surface area contributed by atoms with Crippen molar-refractivity contribution in [3.8, 4) is 5.75 Å². The highest BCUT2D eigenvalue weighted by Gasteiger charge is 2.08. The Balaban J connectivity index is 0. The van der Waals surface area contributed by atoms with E-state index >= 15 is 0 Å². The van der Waals surface area contributed by atoms with Crippen molar-refractivity contribution < 1.29 is 4.74 Å². The molecule has 0 atom stereocenters. The van der Waals surface area contributed by atoms with Gasteiger partial charge in [-0.2, -0.15) is 0 Å². The smallest absolute Gasteiger partial charge is 0.122 e. The third kappa shape index (κ3) is 5.20. The van der Waals surface area contributed by atoms with Gasteiger partial charge in [-0.05, 0) is 37.0 Å². The minimum absolute atomic E-state index is 0. The van der Waals surface area contributed by atoms with Crippen molar-refractivity contribution in [2.75, 3.05) is 6.61 Å². The van der Waals surface area contributed by atoms with Crippen LogP contribution < -0.4 is 4.74 Å². The first-order chi connectivity index (χ1) is 7.36. The lowest BCUT2D eigenvalue weighted by Gasteiger charge is -2.16. The van der Waals surface area contributed by atoms with Crippen molar-refractivity contribution >= 4 is 0 Å². The second-order valence-corrected chi connectivity index (χ2v) is 3.06. The number of aryl methyl sites for hydroxylation is 2. The van der Waals surface area contributed by atoms with Crippen LogP contribution in [0.3, 0.4) is 0 Å². The maximum atomic E-state index is 5.50. The highest BCUT2D eigenvalue weighted by atomic mass is 16.5. The van der Waals surface area contributed by atoms with Crippen molar-refractivity contribution in [2.24, 2.45) is 0 Å². The zero-order valence-electron chi connectivity index (χ0n) is 10.8. The van der Waals surface area contributed by atoms with E-state index in [9.17, 15) is 0 Å². The lowest BCUT2D eigenvalue weighted by molar-refractivity contribution is 0.288. The molecule has 0 bridgehead atoms. The van der Waals surface area contributed by atoms with Crippen LogP contribution in [0, 0.1) is 6.92 Å². The molecule has 0 N–H and O–H groups in total. The van der Waals surface area contributed by atoms with Crippen molar-refractivity contribution in [1.29, 1.82) is 0 Å². The van der Waals surface area contributed by atoms with Gasteiger partial charge in [-0.3, -0.25) is 0 Å². The standard InChI is InChI=1S/C10H12O.2C2H6.CH4/c1-8-4-5-9-3-2-6-11-10(9)7-8;2*1-2;/h4-5,7H,2-3,6H2,1H3;2*1-2H3;1H4. The van der Waals surface area contributed by atoms with Gasteiger partial charge < -0.3 is 4.74 Å². The monoisotopic (exact) mass is 224 g/mol. The predicted octanol–water partition coefficient (Wildman–Crippen LogP) is 5.01. The van der Waals surface area contributed by atoms with Crippen molar-refractivity contribution in [3.05, 3.63) is 29.3 Å². The third-order valence-electron chi connectivity index (χ3n) is 2.07. The molecule has 0 radical (unpaired) electrons. The van der Waals surface area contributed by atoms with Gasteiger partial charge in [0.15, 0.2) is 0 Å². The lowest BCUT2D eigenvalue weighted by atomic mass is 10.0. The molecule has 0 saturated heterocycles. The highest BCUT2D eigenvalue weighted by molar-refractivity contribution is 5.38. The fraction of sp³-hybridized carbons (Fsp3) is 0.600. The maximum Gasteiger partial charge on any atom is 0.122 e. The summed E-state index contributed by atoms with van der Waals surface area (Å²) in [6.07, 6.45) is 2.34. The van der Waals surface area contributed by atoms with Crippen LogP contribution in [0.15, 0.2) is 18.2 Å². The fourth-order valence-corrected chi connectivity index (χ4v) is 1.45. The first-order valence-corrected chi connectivity index (χ1v) is 6.08. The van der Waals surface area contributed by atoms with Gasteiger partial charge in [0.25, 0.3) is 0 Å². The van der Waals surface area contributed by atoms with E-state index in [1.54, 1.807) is 0 Å². The topological polar surface area (TPSA) is 9.23 Å². The predicted molar refractivity (Wildman–Crippen MR) is 74.4 cm³/mol. The maximum absolute atomic E-state index is 5.50. The Morgan fingerprint density at radius 1 is 1.06 bits per heavy atom. The summed E-state index contributed by atoms with van der Waals surface area (Å²) >= 11 is 0. The quantitative estimate of drug-likeness (QED) is 0.602. The summed E-state index contributed by atoms with van der Waals surface area (Å²) in [7, 11) is 0. The number of hydrogen-bond acceptors (Lipinski definition) is 1. The Morgan fingerprint density at radius 3 is 2.31 bits per heavy atom. The molecular weight excluding hydrogens is 196 g/mol. The van der Waals surface area contributed by atoms with Gasteiger partial charge in [-0.15, -0.1) is 0 Å². The van der Waals surface area contributed by atoms with Gasteiger partial charge >= 0.3 is 0 Å². The Labute approximate surface area is 102 Å². The summed E-state index contributed by atoms with van der Waals surface area (Å²) < 4.78 is 5.50. The van der Waals surface area contributed by atoms with Gasteiger partial charge in [-0.1, -0.05) is 47.3 Å². The largest absolute Gasteiger partial charge is 0.493 e. The molecule has 0 aliphatic carbocycles. The van der Waals surface area contributed by atoms with Gasteiger partial charge in [0.1, 0.15) is 5.75 Å². The third-order valence-corrected chi connectivity index (χ3v) is 2.07. The summed E-state index contributed by atoms with van der Waals surface area (Å²) in [5, 5.41) is 0.